The number of piperidine rings is 1. The number of likely N-dealkylation sites (N-methyl/N-ethyl adjacent to an activating group) is 1. The molecule has 196 valence electrons. The molecule has 8 nitrogen and oxygen atoms in total. The van der Waals surface area contributed by atoms with Gasteiger partial charge < -0.3 is 24.3 Å². The van der Waals surface area contributed by atoms with Crippen LogP contribution in [-0.4, -0.2) is 90.9 Å². The van der Waals surface area contributed by atoms with Crippen molar-refractivity contribution in [3.63, 3.8) is 0 Å². The lowest BCUT2D eigenvalue weighted by Gasteiger charge is -2.53. The molecule has 0 atom stereocenters. The van der Waals surface area contributed by atoms with Crippen LogP contribution in [-0.2, 0) is 4.74 Å². The summed E-state index contributed by atoms with van der Waals surface area (Å²) in [6.07, 6.45) is 1.68. The number of benzene rings is 1. The van der Waals surface area contributed by atoms with Crippen LogP contribution in [0.3, 0.4) is 0 Å². The lowest BCUT2D eigenvalue weighted by molar-refractivity contribution is -0.0434. The highest BCUT2D eigenvalue weighted by molar-refractivity contribution is 9.10. The molecule has 2 aromatic rings. The van der Waals surface area contributed by atoms with Gasteiger partial charge in [0.2, 0.25) is 5.95 Å². The Kier molecular flexibility index (Phi) is 6.34. The number of fused-ring (bicyclic) bond motifs is 1. The van der Waals surface area contributed by atoms with Crippen LogP contribution in [0.1, 0.15) is 39.2 Å². The first kappa shape index (κ1) is 25.4. The molecular formula is C26H36BrFN6O2. The van der Waals surface area contributed by atoms with Gasteiger partial charge in [0.25, 0.3) is 0 Å². The monoisotopic (exact) mass is 562 g/mol. The number of aryl methyl sites for hydroxylation is 1. The van der Waals surface area contributed by atoms with Gasteiger partial charge in [-0.15, -0.1) is 0 Å². The minimum atomic E-state index is -0.486. The molecular weight excluding hydrogens is 527 g/mol. The van der Waals surface area contributed by atoms with Crippen LogP contribution in [0.25, 0.3) is 10.9 Å². The molecule has 0 aliphatic carbocycles. The van der Waals surface area contributed by atoms with Crippen molar-refractivity contribution in [3.8, 4) is 0 Å². The van der Waals surface area contributed by atoms with Gasteiger partial charge in [0, 0.05) is 56.1 Å². The number of carbonyl (C=O) groups excluding carboxylic acids is 1. The van der Waals surface area contributed by atoms with E-state index in [0.717, 1.165) is 68.9 Å². The molecule has 3 saturated heterocycles. The van der Waals surface area contributed by atoms with E-state index in [1.54, 1.807) is 4.90 Å². The summed E-state index contributed by atoms with van der Waals surface area (Å²) in [5.74, 6) is 1.06. The quantitative estimate of drug-likeness (QED) is 0.548. The molecule has 4 heterocycles. The van der Waals surface area contributed by atoms with Crippen molar-refractivity contribution in [2.45, 2.75) is 52.2 Å². The predicted molar refractivity (Wildman–Crippen MR) is 143 cm³/mol. The van der Waals surface area contributed by atoms with Crippen molar-refractivity contribution < 1.29 is 13.9 Å². The summed E-state index contributed by atoms with van der Waals surface area (Å²) in [6.45, 7) is 12.3. The van der Waals surface area contributed by atoms with E-state index in [4.69, 9.17) is 9.72 Å². The fourth-order valence-electron chi connectivity index (χ4n) is 5.36. The fraction of sp³-hybridized carbons (Fsp3) is 0.654. The molecule has 3 aliphatic rings. The molecule has 10 heteroatoms. The van der Waals surface area contributed by atoms with E-state index in [-0.39, 0.29) is 17.3 Å². The van der Waals surface area contributed by atoms with Crippen LogP contribution in [0.5, 0.6) is 0 Å². The average molecular weight is 564 g/mol. The van der Waals surface area contributed by atoms with Crippen LogP contribution in [0.15, 0.2) is 10.5 Å². The van der Waals surface area contributed by atoms with Gasteiger partial charge in [-0.1, -0.05) is 0 Å². The van der Waals surface area contributed by atoms with E-state index in [2.05, 4.69) is 49.7 Å². The van der Waals surface area contributed by atoms with Crippen LogP contribution < -0.4 is 9.80 Å². The second-order valence-corrected chi connectivity index (χ2v) is 12.7. The highest BCUT2D eigenvalue weighted by atomic mass is 79.9. The number of carbonyl (C=O) groups is 1. The number of rotatable bonds is 3. The summed E-state index contributed by atoms with van der Waals surface area (Å²) in [4.78, 5) is 30.5. The minimum Gasteiger partial charge on any atom is -0.444 e. The van der Waals surface area contributed by atoms with Gasteiger partial charge in [0.1, 0.15) is 16.9 Å². The number of ether oxygens (including phenoxy) is 1. The topological polar surface area (TPSA) is 65.0 Å². The zero-order valence-electron chi connectivity index (χ0n) is 22.1. The summed E-state index contributed by atoms with van der Waals surface area (Å²) in [5, 5.41) is 0.751. The van der Waals surface area contributed by atoms with Crippen LogP contribution in [0, 0.1) is 18.2 Å². The summed E-state index contributed by atoms with van der Waals surface area (Å²) in [6, 6.07) is 2.43. The smallest absolute Gasteiger partial charge is 0.410 e. The molecule has 1 spiro atoms. The highest BCUT2D eigenvalue weighted by Crippen LogP contribution is 2.43. The van der Waals surface area contributed by atoms with Crippen LogP contribution >= 0.6 is 15.9 Å². The number of amides is 1. The van der Waals surface area contributed by atoms with Gasteiger partial charge >= 0.3 is 6.09 Å². The standard InChI is InChI=1S/C26H36BrFN6O2/c1-16-11-18-21(20(28)19(16)27)29-23(33-12-17(13-33)31(5)6)30-22(18)32-9-7-26(8-10-32)14-34(15-26)24(35)36-25(2,3)4/h11,17H,7-10,12-15H2,1-6H3. The third-order valence-corrected chi connectivity index (χ3v) is 8.70. The molecule has 0 saturated carbocycles. The lowest BCUT2D eigenvalue weighted by Crippen LogP contribution is -2.62. The van der Waals surface area contributed by atoms with Gasteiger partial charge in [0.15, 0.2) is 5.82 Å². The zero-order valence-corrected chi connectivity index (χ0v) is 23.7. The number of halogens is 2. The number of hydrogen-bond donors (Lipinski definition) is 0. The first-order valence-electron chi connectivity index (χ1n) is 12.7. The number of anilines is 2. The summed E-state index contributed by atoms with van der Waals surface area (Å²) in [7, 11) is 4.14. The maximum atomic E-state index is 15.4. The molecule has 5 rings (SSSR count). The van der Waals surface area contributed by atoms with Crippen molar-refractivity contribution >= 4 is 44.7 Å². The summed E-state index contributed by atoms with van der Waals surface area (Å²) in [5.41, 5.74) is 0.829. The van der Waals surface area contributed by atoms with Gasteiger partial charge in [-0.25, -0.2) is 14.2 Å². The van der Waals surface area contributed by atoms with Crippen molar-refractivity contribution in [2.75, 3.05) is 63.2 Å². The van der Waals surface area contributed by atoms with E-state index in [9.17, 15) is 4.79 Å². The van der Waals surface area contributed by atoms with Crippen molar-refractivity contribution in [1.29, 1.82) is 0 Å². The van der Waals surface area contributed by atoms with Crippen molar-refractivity contribution in [3.05, 3.63) is 21.9 Å². The molecule has 0 bridgehead atoms. The Balaban J connectivity index is 1.36. The predicted octanol–water partition coefficient (Wildman–Crippen LogP) is 4.43. The number of nitrogens with zero attached hydrogens (tertiary/aromatic N) is 6. The van der Waals surface area contributed by atoms with Crippen LogP contribution in [0.4, 0.5) is 21.0 Å². The molecule has 1 amide bonds. The number of likely N-dealkylation sites (tertiary alicyclic amines) is 1. The Morgan fingerprint density at radius 1 is 1.17 bits per heavy atom. The maximum Gasteiger partial charge on any atom is 0.410 e. The molecule has 0 radical (unpaired) electrons. The summed E-state index contributed by atoms with van der Waals surface area (Å²) >= 11 is 3.40. The van der Waals surface area contributed by atoms with E-state index in [1.165, 1.54) is 0 Å². The van der Waals surface area contributed by atoms with Gasteiger partial charge in [-0.05, 0) is 82.2 Å². The van der Waals surface area contributed by atoms with Crippen LogP contribution in [0.2, 0.25) is 0 Å². The van der Waals surface area contributed by atoms with E-state index < -0.39 is 5.60 Å². The lowest BCUT2D eigenvalue weighted by atomic mass is 9.72. The Bertz CT molecular complexity index is 1180. The number of aromatic nitrogens is 2. The third kappa shape index (κ3) is 4.62. The first-order valence-corrected chi connectivity index (χ1v) is 13.5. The molecule has 1 aromatic heterocycles. The van der Waals surface area contributed by atoms with E-state index >= 15 is 4.39 Å². The molecule has 1 aromatic carbocycles. The zero-order chi connectivity index (χ0) is 26.0. The molecule has 36 heavy (non-hydrogen) atoms. The largest absolute Gasteiger partial charge is 0.444 e. The fourth-order valence-corrected chi connectivity index (χ4v) is 5.66. The Hall–Kier alpha value is -2.20. The molecule has 0 N–H and O–H groups in total. The minimum absolute atomic E-state index is 0.125. The van der Waals surface area contributed by atoms with Crippen molar-refractivity contribution in [1.82, 2.24) is 19.8 Å². The number of hydrogen-bond acceptors (Lipinski definition) is 7. The third-order valence-electron chi connectivity index (χ3n) is 7.72. The van der Waals surface area contributed by atoms with E-state index in [1.807, 2.05) is 33.8 Å². The Morgan fingerprint density at radius 2 is 1.81 bits per heavy atom. The second kappa shape index (κ2) is 8.97. The molecule has 0 unspecified atom stereocenters. The SMILES string of the molecule is Cc1cc2c(N3CCC4(CC3)CN(C(=O)OC(C)(C)C)C4)nc(N3CC(N(C)C)C3)nc2c(F)c1Br. The summed E-state index contributed by atoms with van der Waals surface area (Å²) < 4.78 is 21.4. The van der Waals surface area contributed by atoms with Gasteiger partial charge in [-0.3, -0.25) is 0 Å². The Morgan fingerprint density at radius 3 is 2.39 bits per heavy atom. The maximum absolute atomic E-state index is 15.4. The van der Waals surface area contributed by atoms with Crippen molar-refractivity contribution in [2.24, 2.45) is 5.41 Å². The van der Waals surface area contributed by atoms with E-state index in [0.29, 0.717) is 22.0 Å². The van der Waals surface area contributed by atoms with Gasteiger partial charge in [-0.2, -0.15) is 4.98 Å². The first-order chi connectivity index (χ1) is 16.9. The Labute approximate surface area is 220 Å². The second-order valence-electron chi connectivity index (χ2n) is 11.9. The van der Waals surface area contributed by atoms with Gasteiger partial charge in [0.05, 0.1) is 4.47 Å². The normalized spacial score (nSPS) is 20.2. The highest BCUT2D eigenvalue weighted by Gasteiger charge is 2.48. The molecule has 3 fully saturated rings. The average Bonchev–Trinajstić information content (AvgIpc) is 2.73. The molecule has 3 aliphatic heterocycles.